The van der Waals surface area contributed by atoms with Gasteiger partial charge >= 0.3 is 0 Å². The van der Waals surface area contributed by atoms with E-state index in [0.29, 0.717) is 22.7 Å². The Labute approximate surface area is 160 Å². The molecule has 0 bridgehead atoms. The van der Waals surface area contributed by atoms with Crippen molar-refractivity contribution in [3.8, 4) is 22.8 Å². The van der Waals surface area contributed by atoms with Gasteiger partial charge in [-0.1, -0.05) is 12.1 Å². The molecule has 4 aromatic rings. The summed E-state index contributed by atoms with van der Waals surface area (Å²) in [6.07, 6.45) is 3.94. The molecule has 0 saturated carbocycles. The van der Waals surface area contributed by atoms with Crippen LogP contribution in [0.15, 0.2) is 60.2 Å². The van der Waals surface area contributed by atoms with Crippen molar-refractivity contribution in [3.63, 3.8) is 0 Å². The first-order valence-electron chi connectivity index (χ1n) is 8.24. The van der Waals surface area contributed by atoms with E-state index in [2.05, 4.69) is 10.3 Å². The Morgan fingerprint density at radius 1 is 1.15 bits per heavy atom. The summed E-state index contributed by atoms with van der Waals surface area (Å²) in [7, 11) is 3.09. The van der Waals surface area contributed by atoms with Crippen LogP contribution in [0.3, 0.4) is 0 Å². The standard InChI is InChI=1S/C20H17N3O3S/c1-25-15-6-7-16(18(11-15)26-2)19(24)21-14-5-3-4-13(10-14)17-12-23-8-9-27-20(23)22-17/h3-12H,1-2H3,(H,21,24). The van der Waals surface area contributed by atoms with E-state index in [9.17, 15) is 4.79 Å². The maximum atomic E-state index is 12.7. The molecule has 0 fully saturated rings. The number of anilines is 1. The van der Waals surface area contributed by atoms with Gasteiger partial charge < -0.3 is 14.8 Å². The largest absolute Gasteiger partial charge is 0.497 e. The van der Waals surface area contributed by atoms with E-state index in [1.165, 1.54) is 7.11 Å². The van der Waals surface area contributed by atoms with E-state index in [1.54, 1.807) is 36.6 Å². The highest BCUT2D eigenvalue weighted by atomic mass is 32.1. The molecule has 2 aromatic heterocycles. The Bertz CT molecular complexity index is 1090. The normalized spacial score (nSPS) is 10.7. The number of nitrogens with one attached hydrogen (secondary N) is 1. The molecule has 6 nitrogen and oxygen atoms in total. The third kappa shape index (κ3) is 3.37. The van der Waals surface area contributed by atoms with Gasteiger partial charge in [0.1, 0.15) is 11.5 Å². The fourth-order valence-corrected chi connectivity index (χ4v) is 3.51. The summed E-state index contributed by atoms with van der Waals surface area (Å²) in [4.78, 5) is 18.2. The van der Waals surface area contributed by atoms with Crippen molar-refractivity contribution >= 4 is 27.9 Å². The first-order valence-corrected chi connectivity index (χ1v) is 9.12. The molecule has 27 heavy (non-hydrogen) atoms. The molecule has 0 atom stereocenters. The van der Waals surface area contributed by atoms with Crippen molar-refractivity contribution in [1.29, 1.82) is 0 Å². The molecule has 7 heteroatoms. The fourth-order valence-electron chi connectivity index (χ4n) is 2.81. The smallest absolute Gasteiger partial charge is 0.259 e. The summed E-state index contributed by atoms with van der Waals surface area (Å²) >= 11 is 1.58. The average molecular weight is 379 g/mol. The first kappa shape index (κ1) is 17.1. The number of amides is 1. The molecule has 0 aliphatic heterocycles. The summed E-state index contributed by atoms with van der Waals surface area (Å²) in [5.74, 6) is 0.833. The third-order valence-corrected chi connectivity index (χ3v) is 4.93. The van der Waals surface area contributed by atoms with Gasteiger partial charge in [0.15, 0.2) is 4.96 Å². The number of ether oxygens (including phenoxy) is 2. The quantitative estimate of drug-likeness (QED) is 0.560. The Balaban J connectivity index is 1.59. The Kier molecular flexibility index (Phi) is 4.52. The van der Waals surface area contributed by atoms with Gasteiger partial charge in [-0.15, -0.1) is 11.3 Å². The summed E-state index contributed by atoms with van der Waals surface area (Å²) in [5.41, 5.74) is 2.92. The molecule has 2 aromatic carbocycles. The minimum absolute atomic E-state index is 0.252. The van der Waals surface area contributed by atoms with Crippen LogP contribution in [-0.2, 0) is 0 Å². The van der Waals surface area contributed by atoms with Crippen LogP contribution in [0.4, 0.5) is 5.69 Å². The highest BCUT2D eigenvalue weighted by molar-refractivity contribution is 7.15. The zero-order chi connectivity index (χ0) is 18.8. The molecule has 0 aliphatic rings. The number of carbonyl (C=O) groups excluding carboxylic acids is 1. The van der Waals surface area contributed by atoms with Crippen LogP contribution in [0, 0.1) is 0 Å². The molecule has 4 rings (SSSR count). The van der Waals surface area contributed by atoms with Crippen LogP contribution in [0.2, 0.25) is 0 Å². The zero-order valence-electron chi connectivity index (χ0n) is 14.8. The zero-order valence-corrected chi connectivity index (χ0v) is 15.6. The first-order chi connectivity index (χ1) is 13.2. The number of hydrogen-bond acceptors (Lipinski definition) is 5. The fraction of sp³-hybridized carbons (Fsp3) is 0.100. The van der Waals surface area contributed by atoms with Crippen LogP contribution in [0.1, 0.15) is 10.4 Å². The lowest BCUT2D eigenvalue weighted by Crippen LogP contribution is -2.13. The highest BCUT2D eigenvalue weighted by Crippen LogP contribution is 2.27. The van der Waals surface area contributed by atoms with E-state index in [-0.39, 0.29) is 5.91 Å². The maximum absolute atomic E-state index is 12.7. The van der Waals surface area contributed by atoms with Crippen LogP contribution in [0.25, 0.3) is 16.2 Å². The molecule has 2 heterocycles. The lowest BCUT2D eigenvalue weighted by atomic mass is 10.1. The molecule has 0 spiro atoms. The lowest BCUT2D eigenvalue weighted by molar-refractivity contribution is 0.102. The second-order valence-electron chi connectivity index (χ2n) is 5.82. The second-order valence-corrected chi connectivity index (χ2v) is 6.69. The van der Waals surface area contributed by atoms with E-state index in [4.69, 9.17) is 9.47 Å². The SMILES string of the molecule is COc1ccc(C(=O)Nc2cccc(-c3cn4ccsc4n3)c2)c(OC)c1. The molecule has 0 unspecified atom stereocenters. The van der Waals surface area contributed by atoms with Gasteiger partial charge in [-0.05, 0) is 24.3 Å². The third-order valence-electron chi connectivity index (χ3n) is 4.16. The highest BCUT2D eigenvalue weighted by Gasteiger charge is 2.14. The molecule has 0 aliphatic carbocycles. The number of nitrogens with zero attached hydrogens (tertiary/aromatic N) is 2. The number of carbonyl (C=O) groups is 1. The monoisotopic (exact) mass is 379 g/mol. The van der Waals surface area contributed by atoms with Crippen molar-refractivity contribution < 1.29 is 14.3 Å². The van der Waals surface area contributed by atoms with Gasteiger partial charge in [0.2, 0.25) is 0 Å². The number of fused-ring (bicyclic) bond motifs is 1. The number of thiazole rings is 1. The topological polar surface area (TPSA) is 64.9 Å². The van der Waals surface area contributed by atoms with Gasteiger partial charge in [0, 0.05) is 35.1 Å². The number of methoxy groups -OCH3 is 2. The van der Waals surface area contributed by atoms with E-state index < -0.39 is 0 Å². The van der Waals surface area contributed by atoms with E-state index >= 15 is 0 Å². The molecule has 1 amide bonds. The van der Waals surface area contributed by atoms with E-state index in [0.717, 1.165) is 16.2 Å². The number of rotatable bonds is 5. The molecule has 0 saturated heterocycles. The summed E-state index contributed by atoms with van der Waals surface area (Å²) < 4.78 is 12.5. The van der Waals surface area contributed by atoms with Crippen LogP contribution < -0.4 is 14.8 Å². The maximum Gasteiger partial charge on any atom is 0.259 e. The van der Waals surface area contributed by atoms with Crippen molar-refractivity contribution in [1.82, 2.24) is 9.38 Å². The van der Waals surface area contributed by atoms with Gasteiger partial charge in [-0.2, -0.15) is 0 Å². The van der Waals surface area contributed by atoms with Crippen LogP contribution >= 0.6 is 11.3 Å². The minimum atomic E-state index is -0.252. The van der Waals surface area contributed by atoms with Gasteiger partial charge in [0.05, 0.1) is 25.5 Å². The average Bonchev–Trinajstić information content (AvgIpc) is 3.30. The summed E-state index contributed by atoms with van der Waals surface area (Å²) in [6.45, 7) is 0. The second kappa shape index (κ2) is 7.13. The summed E-state index contributed by atoms with van der Waals surface area (Å²) in [5, 5.41) is 4.91. The number of benzene rings is 2. The molecule has 136 valence electrons. The van der Waals surface area contributed by atoms with Crippen LogP contribution in [0.5, 0.6) is 11.5 Å². The summed E-state index contributed by atoms with van der Waals surface area (Å²) in [6, 6.07) is 12.7. The number of hydrogen-bond donors (Lipinski definition) is 1. The Morgan fingerprint density at radius 3 is 2.81 bits per heavy atom. The van der Waals surface area contributed by atoms with Gasteiger partial charge in [-0.25, -0.2) is 4.98 Å². The minimum Gasteiger partial charge on any atom is -0.497 e. The lowest BCUT2D eigenvalue weighted by Gasteiger charge is -2.11. The van der Waals surface area contributed by atoms with Crippen LogP contribution in [-0.4, -0.2) is 29.5 Å². The van der Waals surface area contributed by atoms with E-state index in [1.807, 2.05) is 46.4 Å². The molecule has 1 N–H and O–H groups in total. The molecular formula is C20H17N3O3S. The van der Waals surface area contributed by atoms with Gasteiger partial charge in [-0.3, -0.25) is 9.20 Å². The predicted molar refractivity (Wildman–Crippen MR) is 106 cm³/mol. The molecular weight excluding hydrogens is 362 g/mol. The van der Waals surface area contributed by atoms with Gasteiger partial charge in [0.25, 0.3) is 5.91 Å². The number of aromatic nitrogens is 2. The Morgan fingerprint density at radius 2 is 2.04 bits per heavy atom. The van der Waals surface area contributed by atoms with Crippen molar-refractivity contribution in [2.75, 3.05) is 19.5 Å². The number of imidazole rings is 1. The van der Waals surface area contributed by atoms with Crippen molar-refractivity contribution in [2.24, 2.45) is 0 Å². The van der Waals surface area contributed by atoms with Crippen molar-refractivity contribution in [3.05, 3.63) is 65.8 Å². The molecule has 0 radical (unpaired) electrons. The Hall–Kier alpha value is -3.32. The predicted octanol–water partition coefficient (Wildman–Crippen LogP) is 4.33. The van der Waals surface area contributed by atoms with Crippen molar-refractivity contribution in [2.45, 2.75) is 0 Å².